The van der Waals surface area contributed by atoms with Gasteiger partial charge in [-0.2, -0.15) is 0 Å². The Kier molecular flexibility index (Phi) is 5.46. The van der Waals surface area contributed by atoms with Crippen molar-refractivity contribution in [2.75, 3.05) is 19.7 Å². The summed E-state index contributed by atoms with van der Waals surface area (Å²) in [6, 6.07) is 12.7. The zero-order valence-electron chi connectivity index (χ0n) is 16.4. The number of nitrogens with zero attached hydrogens (tertiary/aromatic N) is 2. The van der Waals surface area contributed by atoms with E-state index in [1.807, 2.05) is 30.0 Å². The Balaban J connectivity index is 1.31. The predicted octanol–water partition coefficient (Wildman–Crippen LogP) is 3.00. The van der Waals surface area contributed by atoms with Crippen molar-refractivity contribution < 1.29 is 14.3 Å². The molecule has 1 aromatic heterocycles. The summed E-state index contributed by atoms with van der Waals surface area (Å²) in [5, 5.41) is 3.08. The summed E-state index contributed by atoms with van der Waals surface area (Å²) in [5.74, 6) is 0.671. The molecule has 0 radical (unpaired) electrons. The minimum atomic E-state index is -0.0949. The first kappa shape index (κ1) is 19.0. The summed E-state index contributed by atoms with van der Waals surface area (Å²) in [6.45, 7) is 3.76. The molecule has 0 saturated carbocycles. The van der Waals surface area contributed by atoms with Crippen molar-refractivity contribution >= 4 is 22.8 Å². The average molecular weight is 392 g/mol. The van der Waals surface area contributed by atoms with Crippen LogP contribution >= 0.6 is 0 Å². The van der Waals surface area contributed by atoms with E-state index in [0.29, 0.717) is 30.8 Å². The fourth-order valence-corrected chi connectivity index (χ4v) is 3.62. The first-order valence-corrected chi connectivity index (χ1v) is 9.90. The maximum absolute atomic E-state index is 12.8. The highest BCUT2D eigenvalue weighted by molar-refractivity contribution is 5.97. The van der Waals surface area contributed by atoms with E-state index in [2.05, 4.69) is 15.3 Å². The largest absolute Gasteiger partial charge is 0.494 e. The summed E-state index contributed by atoms with van der Waals surface area (Å²) in [5.41, 5.74) is 2.96. The van der Waals surface area contributed by atoms with E-state index in [-0.39, 0.29) is 17.9 Å². The van der Waals surface area contributed by atoms with Crippen LogP contribution in [0.1, 0.15) is 40.5 Å². The summed E-state index contributed by atoms with van der Waals surface area (Å²) in [7, 11) is 0. The molecule has 1 saturated heterocycles. The van der Waals surface area contributed by atoms with E-state index in [1.54, 1.807) is 30.6 Å². The van der Waals surface area contributed by atoms with Gasteiger partial charge < -0.3 is 19.9 Å². The summed E-state index contributed by atoms with van der Waals surface area (Å²) >= 11 is 0. The summed E-state index contributed by atoms with van der Waals surface area (Å²) in [4.78, 5) is 34.3. The molecular formula is C22H24N4O3. The van der Waals surface area contributed by atoms with Gasteiger partial charge in [0.2, 0.25) is 0 Å². The Morgan fingerprint density at radius 2 is 1.86 bits per heavy atom. The number of ether oxygens (including phenoxy) is 1. The molecule has 0 atom stereocenters. The first-order chi connectivity index (χ1) is 14.1. The lowest BCUT2D eigenvalue weighted by molar-refractivity contribution is 0.0698. The lowest BCUT2D eigenvalue weighted by Gasteiger charge is -2.32. The van der Waals surface area contributed by atoms with Crippen LogP contribution in [0.25, 0.3) is 11.0 Å². The number of carbonyl (C=O) groups is 2. The molecule has 1 aliphatic rings. The molecule has 0 spiro atoms. The zero-order chi connectivity index (χ0) is 20.2. The molecule has 0 bridgehead atoms. The van der Waals surface area contributed by atoms with Gasteiger partial charge in [0.05, 0.1) is 24.0 Å². The maximum Gasteiger partial charge on any atom is 0.253 e. The molecule has 7 nitrogen and oxygen atoms in total. The fourth-order valence-electron chi connectivity index (χ4n) is 3.62. The van der Waals surface area contributed by atoms with Gasteiger partial charge in [-0.15, -0.1) is 0 Å². The number of aromatic amines is 1. The SMILES string of the molecule is CCOc1ccc(C(=O)NC2CCN(C(=O)c3ccc4nc[nH]c4c3)CC2)cc1. The van der Waals surface area contributed by atoms with Gasteiger partial charge in [0, 0.05) is 30.3 Å². The Labute approximate surface area is 169 Å². The van der Waals surface area contributed by atoms with E-state index >= 15 is 0 Å². The van der Waals surface area contributed by atoms with Gasteiger partial charge in [-0.3, -0.25) is 9.59 Å². The maximum atomic E-state index is 12.8. The third-order valence-corrected chi connectivity index (χ3v) is 5.21. The number of nitrogens with one attached hydrogen (secondary N) is 2. The number of aromatic nitrogens is 2. The highest BCUT2D eigenvalue weighted by Gasteiger charge is 2.25. The molecule has 150 valence electrons. The standard InChI is InChI=1S/C22H24N4O3/c1-2-29-18-6-3-15(4-7-18)21(27)25-17-9-11-26(12-10-17)22(28)16-5-8-19-20(13-16)24-14-23-19/h3-8,13-14,17H,2,9-12H2,1H3,(H,23,24)(H,25,27). The van der Waals surface area contributed by atoms with Crippen LogP contribution < -0.4 is 10.1 Å². The molecule has 2 amide bonds. The third kappa shape index (κ3) is 4.23. The first-order valence-electron chi connectivity index (χ1n) is 9.90. The number of H-pyrrole nitrogens is 1. The molecule has 1 fully saturated rings. The number of carbonyl (C=O) groups excluding carboxylic acids is 2. The van der Waals surface area contributed by atoms with Crippen molar-refractivity contribution in [3.05, 3.63) is 59.9 Å². The predicted molar refractivity (Wildman–Crippen MR) is 110 cm³/mol. The monoisotopic (exact) mass is 392 g/mol. The van der Waals surface area contributed by atoms with Crippen LogP contribution in [0.4, 0.5) is 0 Å². The van der Waals surface area contributed by atoms with Crippen molar-refractivity contribution in [3.8, 4) is 5.75 Å². The number of hydrogen-bond donors (Lipinski definition) is 2. The molecular weight excluding hydrogens is 368 g/mol. The van der Waals surface area contributed by atoms with Crippen LogP contribution in [0.3, 0.4) is 0 Å². The highest BCUT2D eigenvalue weighted by atomic mass is 16.5. The Bertz CT molecular complexity index is 1000. The van der Waals surface area contributed by atoms with E-state index < -0.39 is 0 Å². The number of imidazole rings is 1. The smallest absolute Gasteiger partial charge is 0.253 e. The average Bonchev–Trinajstić information content (AvgIpc) is 3.22. The lowest BCUT2D eigenvalue weighted by atomic mass is 10.0. The van der Waals surface area contributed by atoms with Gasteiger partial charge in [0.15, 0.2) is 0 Å². The quantitative estimate of drug-likeness (QED) is 0.699. The van der Waals surface area contributed by atoms with E-state index in [4.69, 9.17) is 4.74 Å². The fraction of sp³-hybridized carbons (Fsp3) is 0.318. The topological polar surface area (TPSA) is 87.3 Å². The number of amides is 2. The molecule has 0 aliphatic carbocycles. The van der Waals surface area contributed by atoms with Crippen LogP contribution in [0.5, 0.6) is 5.75 Å². The van der Waals surface area contributed by atoms with E-state index in [1.165, 1.54) is 0 Å². The zero-order valence-corrected chi connectivity index (χ0v) is 16.4. The second-order valence-corrected chi connectivity index (χ2v) is 7.13. The third-order valence-electron chi connectivity index (χ3n) is 5.21. The van der Waals surface area contributed by atoms with Crippen LogP contribution in [0.2, 0.25) is 0 Å². The minimum absolute atomic E-state index is 0.0118. The van der Waals surface area contributed by atoms with E-state index in [0.717, 1.165) is 29.6 Å². The van der Waals surface area contributed by atoms with Crippen molar-refractivity contribution in [1.82, 2.24) is 20.2 Å². The number of piperidine rings is 1. The minimum Gasteiger partial charge on any atom is -0.494 e. The number of hydrogen-bond acceptors (Lipinski definition) is 4. The van der Waals surface area contributed by atoms with Crippen molar-refractivity contribution in [2.24, 2.45) is 0 Å². The summed E-state index contributed by atoms with van der Waals surface area (Å²) in [6.07, 6.45) is 3.10. The Hall–Kier alpha value is -3.35. The number of rotatable bonds is 5. The van der Waals surface area contributed by atoms with E-state index in [9.17, 15) is 9.59 Å². The second kappa shape index (κ2) is 8.34. The summed E-state index contributed by atoms with van der Waals surface area (Å²) < 4.78 is 5.41. The number of likely N-dealkylation sites (tertiary alicyclic amines) is 1. The highest BCUT2D eigenvalue weighted by Crippen LogP contribution is 2.18. The van der Waals surface area contributed by atoms with Gasteiger partial charge in [0.25, 0.3) is 11.8 Å². The van der Waals surface area contributed by atoms with Crippen LogP contribution in [0, 0.1) is 0 Å². The van der Waals surface area contributed by atoms with Gasteiger partial charge >= 0.3 is 0 Å². The Morgan fingerprint density at radius 3 is 2.59 bits per heavy atom. The lowest BCUT2D eigenvalue weighted by Crippen LogP contribution is -2.46. The number of fused-ring (bicyclic) bond motifs is 1. The van der Waals surface area contributed by atoms with Crippen LogP contribution in [-0.2, 0) is 0 Å². The van der Waals surface area contributed by atoms with Crippen molar-refractivity contribution in [3.63, 3.8) is 0 Å². The molecule has 2 heterocycles. The van der Waals surface area contributed by atoms with Gasteiger partial charge in [0.1, 0.15) is 5.75 Å². The van der Waals surface area contributed by atoms with Gasteiger partial charge in [-0.25, -0.2) is 4.98 Å². The molecule has 2 N–H and O–H groups in total. The molecule has 1 aliphatic heterocycles. The molecule has 0 unspecified atom stereocenters. The molecule has 4 rings (SSSR count). The van der Waals surface area contributed by atoms with Gasteiger partial charge in [-0.1, -0.05) is 0 Å². The van der Waals surface area contributed by atoms with Crippen molar-refractivity contribution in [2.45, 2.75) is 25.8 Å². The molecule has 7 heteroatoms. The molecule has 3 aromatic rings. The van der Waals surface area contributed by atoms with Crippen LogP contribution in [0.15, 0.2) is 48.8 Å². The number of benzene rings is 2. The second-order valence-electron chi connectivity index (χ2n) is 7.13. The van der Waals surface area contributed by atoms with Crippen LogP contribution in [-0.4, -0.2) is 52.4 Å². The van der Waals surface area contributed by atoms with Gasteiger partial charge in [-0.05, 0) is 62.2 Å². The molecule has 29 heavy (non-hydrogen) atoms. The van der Waals surface area contributed by atoms with Crippen molar-refractivity contribution in [1.29, 1.82) is 0 Å². The normalized spacial score (nSPS) is 14.7. The molecule has 2 aromatic carbocycles. The Morgan fingerprint density at radius 1 is 1.14 bits per heavy atom.